The summed E-state index contributed by atoms with van der Waals surface area (Å²) < 4.78 is 5.32. The molecule has 2 aliphatic carbocycles. The minimum atomic E-state index is -0.485. The van der Waals surface area contributed by atoms with Crippen LogP contribution >= 0.6 is 22.7 Å². The third-order valence-corrected chi connectivity index (χ3v) is 16.3. The highest BCUT2D eigenvalue weighted by molar-refractivity contribution is 7.26. The molecule has 0 amide bonds. The fourth-order valence-electron chi connectivity index (χ4n) is 11.2. The van der Waals surface area contributed by atoms with Gasteiger partial charge in [0.05, 0.1) is 11.1 Å². The molecule has 0 saturated heterocycles. The van der Waals surface area contributed by atoms with Crippen LogP contribution in [0.5, 0.6) is 0 Å². The SMILES string of the molecule is c1ccc(-c2ccc(N(c3ccc(-c4cccc5c4sc4ccccc45)cc3)c3cccc4c3-c3ccccc3C43c4ccccc4-c4cc5sc6ccccc6c5cc43)cc2)cc1. The average molecular weight is 848 g/mol. The molecule has 0 aliphatic heterocycles. The van der Waals surface area contributed by atoms with Gasteiger partial charge in [-0.05, 0) is 116 Å². The molecule has 1 nitrogen and oxygen atoms in total. The Morgan fingerprint density at radius 2 is 0.859 bits per heavy atom. The number of benzene rings is 10. The van der Waals surface area contributed by atoms with Crippen molar-refractivity contribution in [3.8, 4) is 44.5 Å². The first-order valence-electron chi connectivity index (χ1n) is 22.0. The maximum atomic E-state index is 2.54. The monoisotopic (exact) mass is 847 g/mol. The van der Waals surface area contributed by atoms with Gasteiger partial charge in [-0.25, -0.2) is 0 Å². The lowest BCUT2D eigenvalue weighted by Gasteiger charge is -2.32. The summed E-state index contributed by atoms with van der Waals surface area (Å²) in [4.78, 5) is 2.49. The zero-order valence-electron chi connectivity index (χ0n) is 34.6. The summed E-state index contributed by atoms with van der Waals surface area (Å²) in [5.41, 5.74) is 18.4. The Kier molecular flexibility index (Phi) is 7.71. The number of fused-ring (bicyclic) bond motifs is 16. The fourth-order valence-corrected chi connectivity index (χ4v) is 13.6. The van der Waals surface area contributed by atoms with Crippen LogP contribution in [0.15, 0.2) is 224 Å². The molecule has 10 aromatic carbocycles. The van der Waals surface area contributed by atoms with Crippen molar-refractivity contribution in [1.82, 2.24) is 0 Å². The van der Waals surface area contributed by atoms with Crippen molar-refractivity contribution < 1.29 is 0 Å². The molecular weight excluding hydrogens is 811 g/mol. The highest BCUT2D eigenvalue weighted by Crippen LogP contribution is 2.65. The van der Waals surface area contributed by atoms with Crippen LogP contribution < -0.4 is 4.90 Å². The van der Waals surface area contributed by atoms with E-state index in [9.17, 15) is 0 Å². The summed E-state index contributed by atoms with van der Waals surface area (Å²) >= 11 is 3.78. The molecule has 0 saturated carbocycles. The summed E-state index contributed by atoms with van der Waals surface area (Å²) in [6, 6.07) is 83.9. The quantitative estimate of drug-likeness (QED) is 0.167. The van der Waals surface area contributed by atoms with Gasteiger partial charge in [0.1, 0.15) is 0 Å². The summed E-state index contributed by atoms with van der Waals surface area (Å²) in [7, 11) is 0. The van der Waals surface area contributed by atoms with E-state index in [1.807, 2.05) is 22.7 Å². The van der Waals surface area contributed by atoms with Gasteiger partial charge >= 0.3 is 0 Å². The second-order valence-electron chi connectivity index (χ2n) is 17.1. The van der Waals surface area contributed by atoms with Crippen LogP contribution in [0, 0.1) is 0 Å². The van der Waals surface area contributed by atoms with Gasteiger partial charge < -0.3 is 4.90 Å². The predicted octanol–water partition coefficient (Wildman–Crippen LogP) is 17.6. The predicted molar refractivity (Wildman–Crippen MR) is 274 cm³/mol. The number of nitrogens with zero attached hydrogens (tertiary/aromatic N) is 1. The fraction of sp³-hybridized carbons (Fsp3) is 0.0164. The van der Waals surface area contributed by atoms with Crippen LogP contribution in [0.1, 0.15) is 22.3 Å². The molecule has 14 rings (SSSR count). The third-order valence-electron chi connectivity index (χ3n) is 13.9. The molecule has 1 spiro atoms. The van der Waals surface area contributed by atoms with E-state index in [1.165, 1.54) is 113 Å². The van der Waals surface area contributed by atoms with E-state index in [4.69, 9.17) is 0 Å². The van der Waals surface area contributed by atoms with E-state index < -0.39 is 5.41 Å². The molecule has 0 bridgehead atoms. The van der Waals surface area contributed by atoms with Gasteiger partial charge in [0.2, 0.25) is 0 Å². The Hall–Kier alpha value is -7.56. The summed E-state index contributed by atoms with van der Waals surface area (Å²) in [6.07, 6.45) is 0. The maximum absolute atomic E-state index is 2.54. The number of anilines is 3. The van der Waals surface area contributed by atoms with Crippen molar-refractivity contribution in [2.75, 3.05) is 4.90 Å². The minimum Gasteiger partial charge on any atom is -0.310 e. The Balaban J connectivity index is 1.00. The van der Waals surface area contributed by atoms with Crippen LogP contribution in [0.3, 0.4) is 0 Å². The Morgan fingerprint density at radius 3 is 1.62 bits per heavy atom. The van der Waals surface area contributed by atoms with Crippen molar-refractivity contribution in [3.05, 3.63) is 247 Å². The molecule has 0 fully saturated rings. The maximum Gasteiger partial charge on any atom is 0.0726 e. The molecule has 2 heterocycles. The van der Waals surface area contributed by atoms with Crippen LogP contribution in [0.25, 0.3) is 84.9 Å². The van der Waals surface area contributed by atoms with Gasteiger partial charge in [-0.15, -0.1) is 22.7 Å². The molecule has 12 aromatic rings. The molecule has 64 heavy (non-hydrogen) atoms. The van der Waals surface area contributed by atoms with Gasteiger partial charge in [-0.2, -0.15) is 0 Å². The number of rotatable bonds is 5. The van der Waals surface area contributed by atoms with Gasteiger partial charge in [-0.1, -0.05) is 170 Å². The zero-order valence-corrected chi connectivity index (χ0v) is 36.3. The number of thiophene rings is 2. The standard InChI is InChI=1S/C61H37NS2/c1-2-14-38(15-3-1)39-28-32-41(33-29-39)62(42-34-30-40(31-35-42)43-20-12-21-47-45-17-6-11-27-57(45)64-60(43)47)55-25-13-24-53-59(55)48-19-5-9-23-52(48)61(53)51-22-8-4-16-44(51)49-37-58-50(36-54(49)61)46-18-7-10-26-56(46)63-58/h1-37H. The summed E-state index contributed by atoms with van der Waals surface area (Å²) in [6.45, 7) is 0. The number of hydrogen-bond acceptors (Lipinski definition) is 3. The van der Waals surface area contributed by atoms with Crippen LogP contribution in [0.4, 0.5) is 17.1 Å². The summed E-state index contributed by atoms with van der Waals surface area (Å²) in [5.74, 6) is 0. The van der Waals surface area contributed by atoms with E-state index in [-0.39, 0.29) is 0 Å². The van der Waals surface area contributed by atoms with Crippen LogP contribution in [-0.4, -0.2) is 0 Å². The smallest absolute Gasteiger partial charge is 0.0726 e. The van der Waals surface area contributed by atoms with Crippen molar-refractivity contribution in [1.29, 1.82) is 0 Å². The Morgan fingerprint density at radius 1 is 0.312 bits per heavy atom. The first kappa shape index (κ1) is 36.0. The van der Waals surface area contributed by atoms with Crippen molar-refractivity contribution >= 4 is 80.1 Å². The Labute approximate surface area is 379 Å². The Bertz CT molecular complexity index is 3840. The second-order valence-corrected chi connectivity index (χ2v) is 19.2. The second kappa shape index (κ2) is 13.7. The molecular formula is C61H37NS2. The first-order valence-corrected chi connectivity index (χ1v) is 23.6. The van der Waals surface area contributed by atoms with E-state index in [0.29, 0.717) is 0 Å². The van der Waals surface area contributed by atoms with Crippen molar-refractivity contribution in [2.24, 2.45) is 0 Å². The molecule has 0 radical (unpaired) electrons. The summed E-state index contributed by atoms with van der Waals surface area (Å²) in [5, 5.41) is 5.30. The molecule has 1 atom stereocenters. The molecule has 298 valence electrons. The van der Waals surface area contributed by atoms with Crippen LogP contribution in [0.2, 0.25) is 0 Å². The van der Waals surface area contributed by atoms with Crippen LogP contribution in [-0.2, 0) is 5.41 Å². The molecule has 0 N–H and O–H groups in total. The van der Waals surface area contributed by atoms with Crippen molar-refractivity contribution in [2.45, 2.75) is 5.41 Å². The molecule has 3 heteroatoms. The largest absolute Gasteiger partial charge is 0.310 e. The van der Waals surface area contributed by atoms with Gasteiger partial charge in [-0.3, -0.25) is 0 Å². The normalized spacial score (nSPS) is 14.6. The molecule has 2 aliphatic rings. The third kappa shape index (κ3) is 4.99. The van der Waals surface area contributed by atoms with E-state index in [2.05, 4.69) is 229 Å². The topological polar surface area (TPSA) is 3.24 Å². The van der Waals surface area contributed by atoms with Gasteiger partial charge in [0, 0.05) is 57.3 Å². The van der Waals surface area contributed by atoms with Gasteiger partial charge in [0.15, 0.2) is 0 Å². The average Bonchev–Trinajstić information content (AvgIpc) is 4.09. The van der Waals surface area contributed by atoms with E-state index in [0.717, 1.165) is 11.4 Å². The first-order chi connectivity index (χ1) is 31.7. The lowest BCUT2D eigenvalue weighted by atomic mass is 9.70. The molecule has 2 aromatic heterocycles. The van der Waals surface area contributed by atoms with E-state index >= 15 is 0 Å². The lowest BCUT2D eigenvalue weighted by Crippen LogP contribution is -2.26. The van der Waals surface area contributed by atoms with Gasteiger partial charge in [0.25, 0.3) is 0 Å². The highest BCUT2D eigenvalue weighted by atomic mass is 32.1. The number of hydrogen-bond donors (Lipinski definition) is 0. The lowest BCUT2D eigenvalue weighted by molar-refractivity contribution is 0.795. The van der Waals surface area contributed by atoms with Crippen molar-refractivity contribution in [3.63, 3.8) is 0 Å². The van der Waals surface area contributed by atoms with E-state index in [1.54, 1.807) is 0 Å². The molecule has 1 unspecified atom stereocenters. The highest BCUT2D eigenvalue weighted by Gasteiger charge is 2.52. The zero-order chi connectivity index (χ0) is 41.9. The minimum absolute atomic E-state index is 0.485.